The van der Waals surface area contributed by atoms with Gasteiger partial charge in [0, 0.05) is 16.7 Å². The van der Waals surface area contributed by atoms with Crippen molar-refractivity contribution in [3.8, 4) is 11.5 Å². The number of amides is 1. The van der Waals surface area contributed by atoms with E-state index in [1.54, 1.807) is 0 Å². The fraction of sp³-hybridized carbons (Fsp3) is 0.300. The van der Waals surface area contributed by atoms with Crippen molar-refractivity contribution >= 4 is 31.3 Å². The SMILES string of the molecule is COc1c(OCCC(N)=O)cc([N+](=O)[O-])cc1S(=O)(=O)Cl. The Bertz CT molecular complexity index is 674. The van der Waals surface area contributed by atoms with Crippen molar-refractivity contribution < 1.29 is 27.6 Å². The van der Waals surface area contributed by atoms with Crippen molar-refractivity contribution in [1.82, 2.24) is 0 Å². The number of carbonyl (C=O) groups is 1. The van der Waals surface area contributed by atoms with Gasteiger partial charge in [-0.3, -0.25) is 14.9 Å². The molecular formula is C10H11ClN2O7S. The van der Waals surface area contributed by atoms with Gasteiger partial charge < -0.3 is 15.2 Å². The molecule has 0 atom stereocenters. The lowest BCUT2D eigenvalue weighted by Crippen LogP contribution is -2.15. The van der Waals surface area contributed by atoms with Crippen LogP contribution >= 0.6 is 10.7 Å². The Balaban J connectivity index is 3.35. The van der Waals surface area contributed by atoms with E-state index in [9.17, 15) is 23.3 Å². The number of rotatable bonds is 7. The van der Waals surface area contributed by atoms with Crippen LogP contribution in [0.1, 0.15) is 6.42 Å². The summed E-state index contributed by atoms with van der Waals surface area (Å²) in [6.07, 6.45) is -0.158. The number of carbonyl (C=O) groups excluding carboxylic acids is 1. The van der Waals surface area contributed by atoms with Crippen LogP contribution in [0.25, 0.3) is 0 Å². The van der Waals surface area contributed by atoms with Crippen LogP contribution in [0.3, 0.4) is 0 Å². The molecule has 0 aliphatic rings. The summed E-state index contributed by atoms with van der Waals surface area (Å²) >= 11 is 0. The van der Waals surface area contributed by atoms with Gasteiger partial charge in [0.05, 0.1) is 31.1 Å². The van der Waals surface area contributed by atoms with Gasteiger partial charge in [0.15, 0.2) is 11.5 Å². The number of nitrogens with two attached hydrogens (primary N) is 1. The van der Waals surface area contributed by atoms with Gasteiger partial charge in [0.1, 0.15) is 4.90 Å². The van der Waals surface area contributed by atoms with Gasteiger partial charge in [-0.1, -0.05) is 0 Å². The highest BCUT2D eigenvalue weighted by Gasteiger charge is 2.26. The highest BCUT2D eigenvalue weighted by molar-refractivity contribution is 8.13. The molecule has 0 spiro atoms. The maximum atomic E-state index is 11.5. The number of halogens is 1. The topological polar surface area (TPSA) is 139 Å². The van der Waals surface area contributed by atoms with E-state index in [4.69, 9.17) is 25.9 Å². The molecule has 21 heavy (non-hydrogen) atoms. The molecule has 0 saturated carbocycles. The van der Waals surface area contributed by atoms with E-state index >= 15 is 0 Å². The van der Waals surface area contributed by atoms with Crippen LogP contribution in [0.15, 0.2) is 17.0 Å². The first-order chi connectivity index (χ1) is 9.66. The predicted molar refractivity (Wildman–Crippen MR) is 72.0 cm³/mol. The summed E-state index contributed by atoms with van der Waals surface area (Å²) in [4.78, 5) is 20.0. The number of non-ortho nitro benzene ring substituents is 1. The molecule has 0 aliphatic carbocycles. The maximum Gasteiger partial charge on any atom is 0.274 e. The third-order valence-electron chi connectivity index (χ3n) is 2.29. The van der Waals surface area contributed by atoms with E-state index in [0.717, 1.165) is 19.2 Å². The summed E-state index contributed by atoms with van der Waals surface area (Å²) in [7, 11) is 2.07. The van der Waals surface area contributed by atoms with Gasteiger partial charge in [-0.2, -0.15) is 0 Å². The summed E-state index contributed by atoms with van der Waals surface area (Å²) < 4.78 is 32.9. The van der Waals surface area contributed by atoms with Crippen molar-refractivity contribution in [2.75, 3.05) is 13.7 Å². The Morgan fingerprint density at radius 3 is 2.52 bits per heavy atom. The van der Waals surface area contributed by atoms with Crippen molar-refractivity contribution in [1.29, 1.82) is 0 Å². The fourth-order valence-electron chi connectivity index (χ4n) is 1.42. The molecular weight excluding hydrogens is 328 g/mol. The Morgan fingerprint density at radius 2 is 2.10 bits per heavy atom. The zero-order chi connectivity index (χ0) is 16.2. The zero-order valence-corrected chi connectivity index (χ0v) is 12.3. The van der Waals surface area contributed by atoms with Gasteiger partial charge in [0.25, 0.3) is 14.7 Å². The minimum atomic E-state index is -4.29. The normalized spacial score (nSPS) is 11.0. The number of hydrogen-bond acceptors (Lipinski definition) is 7. The van der Waals surface area contributed by atoms with Crippen LogP contribution in [-0.2, 0) is 13.8 Å². The molecule has 1 rings (SSSR count). The van der Waals surface area contributed by atoms with Crippen molar-refractivity contribution in [2.45, 2.75) is 11.3 Å². The number of benzene rings is 1. The molecule has 11 heteroatoms. The first kappa shape index (κ1) is 17.0. The maximum absolute atomic E-state index is 11.5. The summed E-state index contributed by atoms with van der Waals surface area (Å²) in [5, 5.41) is 10.8. The second-order valence-corrected chi connectivity index (χ2v) is 6.27. The van der Waals surface area contributed by atoms with Crippen LogP contribution in [0.5, 0.6) is 11.5 Å². The quantitative estimate of drug-likeness (QED) is 0.440. The van der Waals surface area contributed by atoms with E-state index in [-0.39, 0.29) is 24.5 Å². The second-order valence-electron chi connectivity index (χ2n) is 3.74. The lowest BCUT2D eigenvalue weighted by atomic mass is 10.2. The van der Waals surface area contributed by atoms with Crippen molar-refractivity contribution in [3.05, 3.63) is 22.2 Å². The Kier molecular flexibility index (Phi) is 5.33. The number of hydrogen-bond donors (Lipinski definition) is 1. The van der Waals surface area contributed by atoms with E-state index in [0.29, 0.717) is 0 Å². The minimum absolute atomic E-state index is 0.158. The van der Waals surface area contributed by atoms with Gasteiger partial charge in [-0.15, -0.1) is 0 Å². The lowest BCUT2D eigenvalue weighted by molar-refractivity contribution is -0.385. The number of ether oxygens (including phenoxy) is 2. The Hall–Kier alpha value is -2.07. The number of nitro benzene ring substituents is 1. The predicted octanol–water partition coefficient (Wildman–Crippen LogP) is 0.785. The summed E-state index contributed by atoms with van der Waals surface area (Å²) in [5.41, 5.74) is 4.38. The largest absolute Gasteiger partial charge is 0.492 e. The molecule has 116 valence electrons. The third kappa shape index (κ3) is 4.46. The average molecular weight is 339 g/mol. The van der Waals surface area contributed by atoms with E-state index in [2.05, 4.69) is 0 Å². The first-order valence-corrected chi connectivity index (χ1v) is 7.70. The summed E-state index contributed by atoms with van der Waals surface area (Å²) in [5.74, 6) is -1.17. The van der Waals surface area contributed by atoms with Gasteiger partial charge in [-0.05, 0) is 0 Å². The lowest BCUT2D eigenvalue weighted by Gasteiger charge is -2.12. The zero-order valence-electron chi connectivity index (χ0n) is 10.7. The van der Waals surface area contributed by atoms with E-state index in [1.807, 2.05) is 0 Å². The molecule has 9 nitrogen and oxygen atoms in total. The molecule has 0 aromatic heterocycles. The molecule has 0 bridgehead atoms. The highest BCUT2D eigenvalue weighted by atomic mass is 35.7. The molecule has 1 aromatic rings. The Morgan fingerprint density at radius 1 is 1.48 bits per heavy atom. The van der Waals surface area contributed by atoms with Crippen LogP contribution in [0, 0.1) is 10.1 Å². The molecule has 1 amide bonds. The number of nitro groups is 1. The van der Waals surface area contributed by atoms with Crippen LogP contribution in [0.4, 0.5) is 5.69 Å². The fourth-order valence-corrected chi connectivity index (χ4v) is 2.43. The number of primary amides is 1. The van der Waals surface area contributed by atoms with Crippen molar-refractivity contribution in [2.24, 2.45) is 5.73 Å². The summed E-state index contributed by atoms with van der Waals surface area (Å²) in [6, 6.07) is 1.72. The molecule has 0 aliphatic heterocycles. The molecule has 2 N–H and O–H groups in total. The standard InChI is InChI=1S/C10H11ClN2O7S/c1-19-10-7(20-3-2-9(12)14)4-6(13(15)16)5-8(10)21(11,17)18/h4-5H,2-3H2,1H3,(H2,12,14). The van der Waals surface area contributed by atoms with Crippen LogP contribution in [0.2, 0.25) is 0 Å². The summed E-state index contributed by atoms with van der Waals surface area (Å²) in [6.45, 7) is -0.200. The second kappa shape index (κ2) is 6.59. The van der Waals surface area contributed by atoms with Gasteiger partial charge >= 0.3 is 0 Å². The van der Waals surface area contributed by atoms with Crippen LogP contribution in [-0.4, -0.2) is 33.0 Å². The van der Waals surface area contributed by atoms with E-state index < -0.39 is 30.5 Å². The first-order valence-electron chi connectivity index (χ1n) is 5.39. The highest BCUT2D eigenvalue weighted by Crippen LogP contribution is 2.39. The number of methoxy groups -OCH3 is 1. The molecule has 0 saturated heterocycles. The van der Waals surface area contributed by atoms with Crippen LogP contribution < -0.4 is 15.2 Å². The van der Waals surface area contributed by atoms with Gasteiger partial charge in [0.2, 0.25) is 5.91 Å². The molecule has 0 heterocycles. The number of nitrogens with zero attached hydrogens (tertiary/aromatic N) is 1. The smallest absolute Gasteiger partial charge is 0.274 e. The molecule has 0 unspecified atom stereocenters. The van der Waals surface area contributed by atoms with Crippen molar-refractivity contribution in [3.63, 3.8) is 0 Å². The monoisotopic (exact) mass is 338 g/mol. The Labute approximate surface area is 124 Å². The molecule has 1 aromatic carbocycles. The third-order valence-corrected chi connectivity index (χ3v) is 3.62. The van der Waals surface area contributed by atoms with E-state index in [1.165, 1.54) is 0 Å². The molecule has 0 radical (unpaired) electrons. The minimum Gasteiger partial charge on any atom is -0.492 e. The molecule has 0 fully saturated rings. The average Bonchev–Trinajstić information content (AvgIpc) is 2.36. The van der Waals surface area contributed by atoms with Gasteiger partial charge in [-0.25, -0.2) is 8.42 Å².